The van der Waals surface area contributed by atoms with Crippen molar-refractivity contribution >= 4 is 29.5 Å². The zero-order valence-corrected chi connectivity index (χ0v) is 25.1. The summed E-state index contributed by atoms with van der Waals surface area (Å²) in [7, 11) is 0. The van der Waals surface area contributed by atoms with Gasteiger partial charge in [-0.2, -0.15) is 0 Å². The van der Waals surface area contributed by atoms with Crippen LogP contribution in [0.3, 0.4) is 0 Å². The third-order valence-corrected chi connectivity index (χ3v) is 11.1. The SMILES string of the molecule is CCCN1CC=C[C@]2(C)S[C@]34C=CCN(Cc5ccccc5)C(=O)C3N([C@@H](CO)Cc3ccccc3)C(=O)[C@@H]4[C@@H]2C1=O. The molecule has 0 radical (unpaired) electrons. The van der Waals surface area contributed by atoms with Crippen molar-refractivity contribution in [1.82, 2.24) is 14.7 Å². The average Bonchev–Trinajstić information content (AvgIpc) is 3.28. The van der Waals surface area contributed by atoms with E-state index in [0.717, 1.165) is 17.5 Å². The summed E-state index contributed by atoms with van der Waals surface area (Å²) in [6.45, 7) is 5.79. The van der Waals surface area contributed by atoms with Crippen LogP contribution in [0.5, 0.6) is 0 Å². The van der Waals surface area contributed by atoms with Gasteiger partial charge in [0.1, 0.15) is 6.04 Å². The first-order chi connectivity index (χ1) is 20.3. The van der Waals surface area contributed by atoms with E-state index in [1.807, 2.05) is 96.5 Å². The number of hydrogen-bond acceptors (Lipinski definition) is 5. The highest BCUT2D eigenvalue weighted by atomic mass is 32.2. The Morgan fingerprint density at radius 1 is 0.857 bits per heavy atom. The van der Waals surface area contributed by atoms with Crippen LogP contribution >= 0.6 is 11.8 Å². The van der Waals surface area contributed by atoms with E-state index in [9.17, 15) is 19.5 Å². The molecule has 220 valence electrons. The predicted octanol–water partition coefficient (Wildman–Crippen LogP) is 3.68. The minimum Gasteiger partial charge on any atom is -0.394 e. The maximum Gasteiger partial charge on any atom is 0.247 e. The van der Waals surface area contributed by atoms with Crippen LogP contribution in [0, 0.1) is 11.8 Å². The first-order valence-corrected chi connectivity index (χ1v) is 15.8. The van der Waals surface area contributed by atoms with E-state index in [1.54, 1.807) is 16.7 Å². The second-order valence-corrected chi connectivity index (χ2v) is 13.9. The molecule has 42 heavy (non-hydrogen) atoms. The first kappa shape index (κ1) is 28.7. The fourth-order valence-electron chi connectivity index (χ4n) is 7.51. The Bertz CT molecular complexity index is 1400. The first-order valence-electron chi connectivity index (χ1n) is 15.0. The smallest absolute Gasteiger partial charge is 0.247 e. The minimum absolute atomic E-state index is 0.0254. The molecule has 3 amide bonds. The van der Waals surface area contributed by atoms with Crippen molar-refractivity contribution in [3.63, 3.8) is 0 Å². The van der Waals surface area contributed by atoms with Gasteiger partial charge in [0.2, 0.25) is 17.7 Å². The summed E-state index contributed by atoms with van der Waals surface area (Å²) in [5, 5.41) is 10.7. The monoisotopic (exact) mass is 585 g/mol. The molecule has 7 nitrogen and oxygen atoms in total. The molecule has 4 aliphatic rings. The molecule has 0 aliphatic carbocycles. The number of hydrogen-bond donors (Lipinski definition) is 1. The fourth-order valence-corrected chi connectivity index (χ4v) is 9.65. The number of aliphatic hydroxyl groups excluding tert-OH is 1. The predicted molar refractivity (Wildman–Crippen MR) is 164 cm³/mol. The van der Waals surface area contributed by atoms with Crippen molar-refractivity contribution in [2.24, 2.45) is 11.8 Å². The van der Waals surface area contributed by atoms with Gasteiger partial charge in [-0.05, 0) is 30.9 Å². The lowest BCUT2D eigenvalue weighted by atomic mass is 9.74. The van der Waals surface area contributed by atoms with E-state index < -0.39 is 33.4 Å². The molecular formula is C34H39N3O4S. The molecule has 4 aliphatic heterocycles. The normalized spacial score (nSPS) is 31.1. The average molecular weight is 586 g/mol. The van der Waals surface area contributed by atoms with Crippen LogP contribution in [0.25, 0.3) is 0 Å². The molecule has 2 aromatic rings. The van der Waals surface area contributed by atoms with Crippen molar-refractivity contribution in [2.45, 2.75) is 54.8 Å². The van der Waals surface area contributed by atoms with E-state index in [4.69, 9.17) is 0 Å². The maximum atomic E-state index is 14.8. The van der Waals surface area contributed by atoms with Gasteiger partial charge < -0.3 is 19.8 Å². The summed E-state index contributed by atoms with van der Waals surface area (Å²) in [6.07, 6.45) is 9.44. The van der Waals surface area contributed by atoms with E-state index in [0.29, 0.717) is 32.6 Å². The molecule has 1 N–H and O–H groups in total. The number of thioether (sulfide) groups is 1. The topological polar surface area (TPSA) is 81.2 Å². The fraction of sp³-hybridized carbons (Fsp3) is 0.441. The number of fused-ring (bicyclic) bond motifs is 2. The van der Waals surface area contributed by atoms with Crippen LogP contribution in [-0.2, 0) is 27.3 Å². The molecule has 6 rings (SSSR count). The van der Waals surface area contributed by atoms with Gasteiger partial charge in [-0.3, -0.25) is 14.4 Å². The summed E-state index contributed by atoms with van der Waals surface area (Å²) in [4.78, 5) is 49.0. The van der Waals surface area contributed by atoms with Crippen molar-refractivity contribution in [3.05, 3.63) is 96.1 Å². The molecule has 2 saturated heterocycles. The van der Waals surface area contributed by atoms with Gasteiger partial charge in [0.25, 0.3) is 0 Å². The molecule has 0 saturated carbocycles. The standard InChI is InChI=1S/C34H39N3O4S/c1-3-18-35-19-10-16-33(2)27(30(35)39)28-31(40)37(26(23-38)21-24-12-6-4-7-13-24)29-32(41)36(20-11-17-34(28,29)42-33)22-25-14-8-5-9-15-25/h4-17,26-29,38H,3,18-23H2,1-2H3/t26-,27-,28+,29?,33+,34+/m1/s1. The molecule has 6 atom stereocenters. The Morgan fingerprint density at radius 2 is 1.50 bits per heavy atom. The van der Waals surface area contributed by atoms with Crippen molar-refractivity contribution in [3.8, 4) is 0 Å². The van der Waals surface area contributed by atoms with Crippen LogP contribution < -0.4 is 0 Å². The number of aliphatic hydroxyl groups is 1. The van der Waals surface area contributed by atoms with Crippen LogP contribution in [0.1, 0.15) is 31.4 Å². The maximum absolute atomic E-state index is 14.8. The summed E-state index contributed by atoms with van der Waals surface area (Å²) in [5.41, 5.74) is 1.99. The van der Waals surface area contributed by atoms with Crippen molar-refractivity contribution in [1.29, 1.82) is 0 Å². The summed E-state index contributed by atoms with van der Waals surface area (Å²) >= 11 is 1.59. The number of likely N-dealkylation sites (tertiary alicyclic amines) is 1. The lowest BCUT2D eigenvalue weighted by molar-refractivity contribution is -0.147. The van der Waals surface area contributed by atoms with Crippen LogP contribution in [0.15, 0.2) is 85.0 Å². The quantitative estimate of drug-likeness (QED) is 0.478. The lowest BCUT2D eigenvalue weighted by Crippen LogP contribution is -2.57. The second kappa shape index (κ2) is 11.4. The molecule has 0 aromatic heterocycles. The Labute approximate surface area is 252 Å². The molecule has 1 spiro atoms. The highest BCUT2D eigenvalue weighted by Gasteiger charge is 2.74. The largest absolute Gasteiger partial charge is 0.394 e. The van der Waals surface area contributed by atoms with E-state index >= 15 is 0 Å². The third kappa shape index (κ3) is 4.69. The highest BCUT2D eigenvalue weighted by molar-refractivity contribution is 8.02. The van der Waals surface area contributed by atoms with Crippen LogP contribution in [0.2, 0.25) is 0 Å². The number of carbonyl (C=O) groups excluding carboxylic acids is 3. The molecule has 2 aromatic carbocycles. The van der Waals surface area contributed by atoms with Crippen molar-refractivity contribution < 1.29 is 19.5 Å². The Hall–Kier alpha value is -3.36. The Balaban J connectivity index is 1.46. The van der Waals surface area contributed by atoms with Crippen LogP contribution in [0.4, 0.5) is 0 Å². The van der Waals surface area contributed by atoms with Gasteiger partial charge in [-0.1, -0.05) is 91.9 Å². The highest BCUT2D eigenvalue weighted by Crippen LogP contribution is 2.65. The van der Waals surface area contributed by atoms with Gasteiger partial charge in [-0.25, -0.2) is 0 Å². The molecule has 1 unspecified atom stereocenters. The molecule has 0 bridgehead atoms. The molecule has 4 heterocycles. The number of carbonyl (C=O) groups is 3. The molecular weight excluding hydrogens is 546 g/mol. The number of benzene rings is 2. The molecule has 8 heteroatoms. The number of nitrogens with zero attached hydrogens (tertiary/aromatic N) is 3. The van der Waals surface area contributed by atoms with E-state index in [1.165, 1.54) is 0 Å². The zero-order chi connectivity index (χ0) is 29.5. The Kier molecular flexibility index (Phi) is 7.79. The summed E-state index contributed by atoms with van der Waals surface area (Å²) in [5.74, 6) is -1.70. The van der Waals surface area contributed by atoms with Gasteiger partial charge in [0, 0.05) is 30.9 Å². The van der Waals surface area contributed by atoms with E-state index in [-0.39, 0.29) is 24.3 Å². The lowest BCUT2D eigenvalue weighted by Gasteiger charge is -2.40. The zero-order valence-electron chi connectivity index (χ0n) is 24.3. The summed E-state index contributed by atoms with van der Waals surface area (Å²) in [6, 6.07) is 18.2. The number of rotatable bonds is 8. The third-order valence-electron chi connectivity index (χ3n) is 9.29. The summed E-state index contributed by atoms with van der Waals surface area (Å²) < 4.78 is -1.57. The second-order valence-electron chi connectivity index (χ2n) is 12.1. The van der Waals surface area contributed by atoms with Gasteiger partial charge >= 0.3 is 0 Å². The Morgan fingerprint density at radius 3 is 2.17 bits per heavy atom. The van der Waals surface area contributed by atoms with E-state index in [2.05, 4.69) is 12.2 Å². The molecule has 2 fully saturated rings. The van der Waals surface area contributed by atoms with Crippen molar-refractivity contribution in [2.75, 3.05) is 26.2 Å². The van der Waals surface area contributed by atoms with Gasteiger partial charge in [-0.15, -0.1) is 11.8 Å². The van der Waals surface area contributed by atoms with Gasteiger partial charge in [0.05, 0.1) is 29.2 Å². The number of amides is 3. The van der Waals surface area contributed by atoms with Gasteiger partial charge in [0.15, 0.2) is 0 Å². The minimum atomic E-state index is -0.932. The van der Waals surface area contributed by atoms with Crippen LogP contribution in [-0.4, -0.2) is 85.3 Å².